The third-order valence-electron chi connectivity index (χ3n) is 7.42. The Bertz CT molecular complexity index is 1530. The number of rotatable bonds is 2. The fourth-order valence-electron chi connectivity index (χ4n) is 5.42. The van der Waals surface area contributed by atoms with E-state index in [1.807, 2.05) is 13.8 Å². The second-order valence-corrected chi connectivity index (χ2v) is 9.99. The van der Waals surface area contributed by atoms with Gasteiger partial charge in [-0.3, -0.25) is 14.4 Å². The zero-order chi connectivity index (χ0) is 28.0. The lowest BCUT2D eigenvalue weighted by Gasteiger charge is -2.33. The predicted molar refractivity (Wildman–Crippen MR) is 139 cm³/mol. The molecule has 39 heavy (non-hydrogen) atoms. The molecule has 4 heterocycles. The van der Waals surface area contributed by atoms with Gasteiger partial charge in [-0.25, -0.2) is 13.5 Å². The number of methoxy groups -OCH3 is 1. The zero-order valence-corrected chi connectivity index (χ0v) is 22.4. The maximum Gasteiger partial charge on any atom is 0.280 e. The van der Waals surface area contributed by atoms with E-state index in [2.05, 4.69) is 5.10 Å². The molecule has 0 fully saturated rings. The van der Waals surface area contributed by atoms with Crippen molar-refractivity contribution in [3.05, 3.63) is 51.1 Å². The first kappa shape index (κ1) is 26.6. The van der Waals surface area contributed by atoms with Crippen LogP contribution in [0, 0.1) is 11.6 Å². The van der Waals surface area contributed by atoms with Crippen LogP contribution in [0.5, 0.6) is 11.5 Å². The number of hydrogen-bond donors (Lipinski definition) is 0. The van der Waals surface area contributed by atoms with Gasteiger partial charge in [0, 0.05) is 44.4 Å². The summed E-state index contributed by atoms with van der Waals surface area (Å²) in [5, 5.41) is 4.50. The molecule has 2 amide bonds. The summed E-state index contributed by atoms with van der Waals surface area (Å²) in [6.45, 7) is 5.01. The van der Waals surface area contributed by atoms with Gasteiger partial charge in [0.05, 0.1) is 25.8 Å². The average molecular weight is 544 g/mol. The second kappa shape index (κ2) is 10.3. The lowest BCUT2D eigenvalue weighted by molar-refractivity contribution is 0.0683. The van der Waals surface area contributed by atoms with E-state index in [9.17, 15) is 23.2 Å². The fraction of sp³-hybridized carbons (Fsp3) is 0.481. The van der Waals surface area contributed by atoms with Crippen molar-refractivity contribution in [2.45, 2.75) is 45.7 Å². The van der Waals surface area contributed by atoms with Gasteiger partial charge < -0.3 is 23.8 Å². The fourth-order valence-corrected chi connectivity index (χ4v) is 5.42. The molecule has 10 nitrogen and oxygen atoms in total. The first-order valence-electron chi connectivity index (χ1n) is 13.1. The maximum absolute atomic E-state index is 14.3. The van der Waals surface area contributed by atoms with Gasteiger partial charge in [-0.1, -0.05) is 0 Å². The Morgan fingerprint density at radius 2 is 1.85 bits per heavy atom. The number of aromatic nitrogens is 3. The molecule has 3 aromatic rings. The van der Waals surface area contributed by atoms with Gasteiger partial charge in [0.1, 0.15) is 11.1 Å². The summed E-state index contributed by atoms with van der Waals surface area (Å²) in [6.07, 6.45) is 2.06. The Labute approximate surface area is 223 Å². The van der Waals surface area contributed by atoms with Gasteiger partial charge in [-0.2, -0.15) is 5.10 Å². The summed E-state index contributed by atoms with van der Waals surface area (Å²) in [5.74, 6) is -2.76. The number of amides is 2. The number of hydrogen-bond acceptors (Lipinski definition) is 6. The minimum absolute atomic E-state index is 0.0247. The van der Waals surface area contributed by atoms with Crippen molar-refractivity contribution in [2.24, 2.45) is 0 Å². The molecular formula is C27H31F2N5O5. The molecule has 2 bridgehead atoms. The Morgan fingerprint density at radius 1 is 1.10 bits per heavy atom. The Hall–Kier alpha value is -3.96. The summed E-state index contributed by atoms with van der Waals surface area (Å²) < 4.78 is 42.5. The van der Waals surface area contributed by atoms with Gasteiger partial charge >= 0.3 is 0 Å². The number of fused-ring (bicyclic) bond motifs is 7. The summed E-state index contributed by atoms with van der Waals surface area (Å²) in [4.78, 5) is 44.4. The highest BCUT2D eigenvalue weighted by atomic mass is 19.2. The number of halogens is 2. The molecule has 5 rings (SSSR count). The average Bonchev–Trinajstić information content (AvgIpc) is 3.27. The minimum Gasteiger partial charge on any atom is -0.493 e. The summed E-state index contributed by atoms with van der Waals surface area (Å²) in [5.41, 5.74) is -0.0602. The van der Waals surface area contributed by atoms with E-state index < -0.39 is 23.1 Å². The molecule has 0 aliphatic carbocycles. The molecule has 0 spiro atoms. The molecule has 208 valence electrons. The molecule has 1 atom stereocenters. The monoisotopic (exact) mass is 543 g/mol. The standard InChI is InChI=1S/C27H31F2N5O5/c1-5-32-13-15(2)34-22-20(24(38-4)23(34)27(32)37)25(35)33-14-16-11-17(28)18(29)12-19(16)39-10-8-6-7-9-31(3)26(36)21(22)30-33/h11-12,15H,5-10,13-14H2,1-4H3. The van der Waals surface area contributed by atoms with Crippen LogP contribution >= 0.6 is 0 Å². The van der Waals surface area contributed by atoms with E-state index in [0.717, 1.165) is 23.2 Å². The Balaban J connectivity index is 1.83. The Morgan fingerprint density at radius 3 is 2.56 bits per heavy atom. The quantitative estimate of drug-likeness (QED) is 0.492. The van der Waals surface area contributed by atoms with Gasteiger partial charge in [0.15, 0.2) is 28.8 Å². The lowest BCUT2D eigenvalue weighted by Crippen LogP contribution is -2.42. The molecule has 0 saturated carbocycles. The van der Waals surface area contributed by atoms with Crippen LogP contribution in [0.1, 0.15) is 65.7 Å². The van der Waals surface area contributed by atoms with E-state index in [-0.39, 0.29) is 64.5 Å². The van der Waals surface area contributed by atoms with Crippen LogP contribution < -0.4 is 15.0 Å². The van der Waals surface area contributed by atoms with Crippen molar-refractivity contribution in [1.29, 1.82) is 0 Å². The maximum atomic E-state index is 14.3. The van der Waals surface area contributed by atoms with Crippen LogP contribution in [0.3, 0.4) is 0 Å². The highest BCUT2D eigenvalue weighted by Crippen LogP contribution is 2.39. The highest BCUT2D eigenvalue weighted by molar-refractivity contribution is 6.10. The molecule has 1 aromatic carbocycles. The molecule has 2 aromatic heterocycles. The number of benzene rings is 1. The van der Waals surface area contributed by atoms with E-state index >= 15 is 0 Å². The van der Waals surface area contributed by atoms with Crippen molar-refractivity contribution in [2.75, 3.05) is 40.4 Å². The van der Waals surface area contributed by atoms with Crippen LogP contribution in [0.15, 0.2) is 16.9 Å². The van der Waals surface area contributed by atoms with Crippen LogP contribution in [-0.2, 0) is 6.54 Å². The van der Waals surface area contributed by atoms with Crippen LogP contribution in [0.25, 0.3) is 10.9 Å². The third-order valence-corrected chi connectivity index (χ3v) is 7.42. The van der Waals surface area contributed by atoms with E-state index in [1.54, 1.807) is 16.5 Å². The smallest absolute Gasteiger partial charge is 0.280 e. The molecule has 1 unspecified atom stereocenters. The topological polar surface area (TPSA) is 98.9 Å². The SMILES string of the molecule is CCN1CC(C)n2c(c(OC)c3c(=O)n4nc(c32)C(=O)N(C)CCCCCOc2cc(F)c(F)cc2C4)C1=O. The van der Waals surface area contributed by atoms with E-state index in [1.165, 1.54) is 12.0 Å². The zero-order valence-electron chi connectivity index (χ0n) is 22.4. The van der Waals surface area contributed by atoms with Crippen molar-refractivity contribution in [3.8, 4) is 11.5 Å². The minimum atomic E-state index is -1.10. The van der Waals surface area contributed by atoms with Gasteiger partial charge in [-0.15, -0.1) is 0 Å². The van der Waals surface area contributed by atoms with Crippen LogP contribution in [-0.4, -0.2) is 76.4 Å². The Kier molecular flexibility index (Phi) is 7.04. The molecule has 12 heteroatoms. The van der Waals surface area contributed by atoms with Gasteiger partial charge in [-0.05, 0) is 39.2 Å². The first-order valence-corrected chi connectivity index (χ1v) is 13.1. The van der Waals surface area contributed by atoms with E-state index in [0.29, 0.717) is 32.5 Å². The van der Waals surface area contributed by atoms with Crippen molar-refractivity contribution >= 4 is 22.7 Å². The van der Waals surface area contributed by atoms with Gasteiger partial charge in [0.2, 0.25) is 0 Å². The van der Waals surface area contributed by atoms with Crippen molar-refractivity contribution in [1.82, 2.24) is 24.1 Å². The normalized spacial score (nSPS) is 18.5. The molecule has 0 saturated heterocycles. The number of carbonyl (C=O) groups excluding carboxylic acids is 2. The molecular weight excluding hydrogens is 512 g/mol. The number of nitrogens with zero attached hydrogens (tertiary/aromatic N) is 5. The van der Waals surface area contributed by atoms with Crippen LogP contribution in [0.4, 0.5) is 8.78 Å². The van der Waals surface area contributed by atoms with Crippen molar-refractivity contribution < 1.29 is 27.8 Å². The predicted octanol–water partition coefficient (Wildman–Crippen LogP) is 3.20. The molecule has 2 aliphatic heterocycles. The number of ether oxygens (including phenoxy) is 2. The molecule has 0 N–H and O–H groups in total. The number of carbonyl (C=O) groups is 2. The van der Waals surface area contributed by atoms with Gasteiger partial charge in [0.25, 0.3) is 17.4 Å². The number of likely N-dealkylation sites (N-methyl/N-ethyl adjacent to an activating group) is 1. The second-order valence-electron chi connectivity index (χ2n) is 9.99. The highest BCUT2D eigenvalue weighted by Gasteiger charge is 2.38. The summed E-state index contributed by atoms with van der Waals surface area (Å²) in [6, 6.07) is 1.65. The van der Waals surface area contributed by atoms with E-state index in [4.69, 9.17) is 9.47 Å². The third kappa shape index (κ3) is 4.41. The molecule has 0 radical (unpaired) electrons. The lowest BCUT2D eigenvalue weighted by atomic mass is 10.1. The van der Waals surface area contributed by atoms with Crippen molar-refractivity contribution in [3.63, 3.8) is 0 Å². The summed E-state index contributed by atoms with van der Waals surface area (Å²) in [7, 11) is 3.02. The largest absolute Gasteiger partial charge is 0.493 e. The summed E-state index contributed by atoms with van der Waals surface area (Å²) >= 11 is 0. The first-order chi connectivity index (χ1) is 18.7. The molecule has 2 aliphatic rings. The van der Waals surface area contributed by atoms with Crippen LogP contribution in [0.2, 0.25) is 0 Å².